The topological polar surface area (TPSA) is 59.8 Å². The van der Waals surface area contributed by atoms with E-state index in [-0.39, 0.29) is 17.9 Å². The standard InChI is InChI=1S/C24H22Cl2N4O/c1-3-5-14(2)22-24(18-9-8-17(26)11-20(18)28-23(24)31)19(12-21-29-27-13-30(21)22)15-6-4-7-16(25)10-15/h4,6-11,13,19,22H,2-3,5,12H2,1H3,(H,28,31)/t19-,22+,24-/m1/s1. The van der Waals surface area contributed by atoms with Gasteiger partial charge in [-0.1, -0.05) is 66.9 Å². The number of benzene rings is 2. The number of rotatable bonds is 4. The van der Waals surface area contributed by atoms with Crippen molar-refractivity contribution in [2.75, 3.05) is 5.32 Å². The van der Waals surface area contributed by atoms with E-state index in [9.17, 15) is 4.79 Å². The number of allylic oxidation sites excluding steroid dienone is 1. The molecule has 158 valence electrons. The van der Waals surface area contributed by atoms with Gasteiger partial charge in [-0.15, -0.1) is 10.2 Å². The van der Waals surface area contributed by atoms with Gasteiger partial charge >= 0.3 is 0 Å². The SMILES string of the molecule is C=C(CCC)[C@@H]1n2cnnc2C[C@H](c2cccc(Cl)c2)[C@@]12C(=O)Nc1cc(Cl)ccc12. The zero-order chi connectivity index (χ0) is 21.8. The van der Waals surface area contributed by atoms with Crippen molar-refractivity contribution in [1.29, 1.82) is 0 Å². The Bertz CT molecular complexity index is 1200. The molecule has 1 aromatic heterocycles. The van der Waals surface area contributed by atoms with Crippen LogP contribution in [0.5, 0.6) is 0 Å². The summed E-state index contributed by atoms with van der Waals surface area (Å²) in [6.07, 6.45) is 4.01. The number of amides is 1. The van der Waals surface area contributed by atoms with Gasteiger partial charge in [0.15, 0.2) is 0 Å². The minimum atomic E-state index is -0.910. The first-order valence-corrected chi connectivity index (χ1v) is 11.1. The number of nitrogens with one attached hydrogen (secondary N) is 1. The number of halogens is 2. The summed E-state index contributed by atoms with van der Waals surface area (Å²) in [5.41, 5.74) is 2.73. The fraction of sp³-hybridized carbons (Fsp3) is 0.292. The van der Waals surface area contributed by atoms with Gasteiger partial charge in [-0.05, 0) is 41.8 Å². The first kappa shape index (κ1) is 20.3. The molecule has 0 fully saturated rings. The Kier molecular flexibility index (Phi) is 4.91. The Balaban J connectivity index is 1.84. The highest BCUT2D eigenvalue weighted by Crippen LogP contribution is 2.59. The largest absolute Gasteiger partial charge is 0.325 e. The first-order chi connectivity index (χ1) is 15.0. The van der Waals surface area contributed by atoms with Gasteiger partial charge in [0.25, 0.3) is 0 Å². The lowest BCUT2D eigenvalue weighted by atomic mass is 9.59. The Morgan fingerprint density at radius 2 is 2.06 bits per heavy atom. The quantitative estimate of drug-likeness (QED) is 0.515. The van der Waals surface area contributed by atoms with Crippen molar-refractivity contribution in [2.45, 2.75) is 43.6 Å². The molecule has 5 rings (SSSR count). The molecule has 1 amide bonds. The molecule has 7 heteroatoms. The van der Waals surface area contributed by atoms with Crippen LogP contribution in [0.3, 0.4) is 0 Å². The van der Waals surface area contributed by atoms with Gasteiger partial charge in [-0.25, -0.2) is 0 Å². The van der Waals surface area contributed by atoms with Gasteiger partial charge < -0.3 is 9.88 Å². The predicted molar refractivity (Wildman–Crippen MR) is 123 cm³/mol. The molecule has 2 aliphatic rings. The highest BCUT2D eigenvalue weighted by Gasteiger charge is 2.61. The van der Waals surface area contributed by atoms with Crippen LogP contribution in [-0.2, 0) is 16.6 Å². The van der Waals surface area contributed by atoms with Gasteiger partial charge in [0, 0.05) is 28.1 Å². The van der Waals surface area contributed by atoms with Crippen LogP contribution in [0.2, 0.25) is 10.0 Å². The van der Waals surface area contributed by atoms with Crippen LogP contribution >= 0.6 is 23.2 Å². The summed E-state index contributed by atoms with van der Waals surface area (Å²) in [5, 5.41) is 12.9. The van der Waals surface area contributed by atoms with E-state index < -0.39 is 5.41 Å². The molecule has 2 aliphatic heterocycles. The zero-order valence-corrected chi connectivity index (χ0v) is 18.6. The summed E-state index contributed by atoms with van der Waals surface area (Å²) < 4.78 is 2.03. The monoisotopic (exact) mass is 452 g/mol. The van der Waals surface area contributed by atoms with E-state index in [0.29, 0.717) is 16.5 Å². The number of fused-ring (bicyclic) bond motifs is 3. The molecular formula is C24H22Cl2N4O. The lowest BCUT2D eigenvalue weighted by Crippen LogP contribution is -2.52. The molecule has 0 radical (unpaired) electrons. The van der Waals surface area contributed by atoms with Crippen molar-refractivity contribution >= 4 is 34.8 Å². The van der Waals surface area contributed by atoms with Crippen molar-refractivity contribution in [3.8, 4) is 0 Å². The van der Waals surface area contributed by atoms with Crippen LogP contribution in [0, 0.1) is 0 Å². The predicted octanol–water partition coefficient (Wildman–Crippen LogP) is 5.71. The summed E-state index contributed by atoms with van der Waals surface area (Å²) in [7, 11) is 0. The molecule has 2 aromatic carbocycles. The van der Waals surface area contributed by atoms with Crippen LogP contribution in [0.25, 0.3) is 0 Å². The summed E-state index contributed by atoms with van der Waals surface area (Å²) >= 11 is 12.6. The van der Waals surface area contributed by atoms with Gasteiger partial charge in [0.1, 0.15) is 17.6 Å². The van der Waals surface area contributed by atoms with Crippen molar-refractivity contribution in [2.24, 2.45) is 0 Å². The fourth-order valence-corrected chi connectivity index (χ4v) is 5.78. The number of carbonyl (C=O) groups is 1. The smallest absolute Gasteiger partial charge is 0.238 e. The third kappa shape index (κ3) is 2.94. The van der Waals surface area contributed by atoms with Crippen LogP contribution in [-0.4, -0.2) is 20.7 Å². The molecule has 3 heterocycles. The lowest BCUT2D eigenvalue weighted by Gasteiger charge is -2.47. The highest BCUT2D eigenvalue weighted by atomic mass is 35.5. The molecule has 0 saturated heterocycles. The maximum absolute atomic E-state index is 14.0. The minimum absolute atomic E-state index is 0.0589. The summed E-state index contributed by atoms with van der Waals surface area (Å²) in [6.45, 7) is 6.54. The second-order valence-electron chi connectivity index (χ2n) is 8.29. The van der Waals surface area contributed by atoms with Crippen LogP contribution in [0.4, 0.5) is 5.69 Å². The fourth-order valence-electron chi connectivity index (χ4n) is 5.41. The molecule has 31 heavy (non-hydrogen) atoms. The van der Waals surface area contributed by atoms with E-state index in [1.807, 2.05) is 47.0 Å². The Morgan fingerprint density at radius 3 is 2.84 bits per heavy atom. The minimum Gasteiger partial charge on any atom is -0.325 e. The molecule has 1 spiro atoms. The Labute approximate surface area is 191 Å². The zero-order valence-electron chi connectivity index (χ0n) is 17.1. The second-order valence-corrected chi connectivity index (χ2v) is 9.16. The molecule has 0 bridgehead atoms. The second kappa shape index (κ2) is 7.50. The third-order valence-electron chi connectivity index (χ3n) is 6.55. The van der Waals surface area contributed by atoms with E-state index >= 15 is 0 Å². The summed E-state index contributed by atoms with van der Waals surface area (Å²) in [6, 6.07) is 13.1. The van der Waals surface area contributed by atoms with Gasteiger partial charge in [0.05, 0.1) is 6.04 Å². The van der Waals surface area contributed by atoms with Crippen LogP contribution in [0.15, 0.2) is 60.9 Å². The van der Waals surface area contributed by atoms with Gasteiger partial charge in [0.2, 0.25) is 5.91 Å². The van der Waals surface area contributed by atoms with Crippen molar-refractivity contribution in [3.05, 3.63) is 87.9 Å². The molecule has 5 nitrogen and oxygen atoms in total. The number of hydrogen-bond donors (Lipinski definition) is 1. The van der Waals surface area contributed by atoms with Crippen molar-refractivity contribution < 1.29 is 4.79 Å². The van der Waals surface area contributed by atoms with E-state index in [1.165, 1.54) is 0 Å². The van der Waals surface area contributed by atoms with E-state index in [0.717, 1.165) is 41.1 Å². The third-order valence-corrected chi connectivity index (χ3v) is 7.02. The molecule has 3 aromatic rings. The van der Waals surface area contributed by atoms with Gasteiger partial charge in [-0.3, -0.25) is 4.79 Å². The molecule has 0 aliphatic carbocycles. The van der Waals surface area contributed by atoms with Crippen molar-refractivity contribution in [3.63, 3.8) is 0 Å². The Morgan fingerprint density at radius 1 is 1.26 bits per heavy atom. The van der Waals surface area contributed by atoms with Crippen LogP contribution in [0.1, 0.15) is 48.7 Å². The normalized spacial score (nSPS) is 24.0. The van der Waals surface area contributed by atoms with Crippen LogP contribution < -0.4 is 5.32 Å². The lowest BCUT2D eigenvalue weighted by molar-refractivity contribution is -0.123. The maximum Gasteiger partial charge on any atom is 0.238 e. The first-order valence-electron chi connectivity index (χ1n) is 10.4. The number of aromatic nitrogens is 3. The molecule has 0 saturated carbocycles. The average Bonchev–Trinajstić information content (AvgIpc) is 3.30. The summed E-state index contributed by atoms with van der Waals surface area (Å²) in [5.74, 6) is 0.591. The molecular weight excluding hydrogens is 431 g/mol. The van der Waals surface area contributed by atoms with Gasteiger partial charge in [-0.2, -0.15) is 0 Å². The molecule has 1 N–H and O–H groups in total. The van der Waals surface area contributed by atoms with E-state index in [2.05, 4.69) is 29.0 Å². The average molecular weight is 453 g/mol. The number of hydrogen-bond acceptors (Lipinski definition) is 3. The maximum atomic E-state index is 14.0. The summed E-state index contributed by atoms with van der Waals surface area (Å²) in [4.78, 5) is 14.0. The molecule has 3 atom stereocenters. The number of carbonyl (C=O) groups excluding carboxylic acids is 1. The van der Waals surface area contributed by atoms with E-state index in [4.69, 9.17) is 23.2 Å². The number of nitrogens with zero attached hydrogens (tertiary/aromatic N) is 3. The van der Waals surface area contributed by atoms with Crippen molar-refractivity contribution in [1.82, 2.24) is 14.8 Å². The number of anilines is 1. The van der Waals surface area contributed by atoms with E-state index in [1.54, 1.807) is 6.33 Å². The Hall–Kier alpha value is -2.63. The molecule has 0 unspecified atom stereocenters. The highest BCUT2D eigenvalue weighted by molar-refractivity contribution is 6.31.